The highest BCUT2D eigenvalue weighted by Crippen LogP contribution is 2.37. The number of phenols is 1. The largest absolute Gasteiger partial charge is 0.507 e. The molecule has 2 N–H and O–H groups in total. The van der Waals surface area contributed by atoms with Crippen LogP contribution in [-0.4, -0.2) is 35.6 Å². The van der Waals surface area contributed by atoms with E-state index in [-0.39, 0.29) is 17.4 Å². The minimum absolute atomic E-state index is 0.00708. The lowest BCUT2D eigenvalue weighted by Gasteiger charge is -2.17. The number of hydrogen-bond acceptors (Lipinski definition) is 5. The molecular formula is C19H20ClNO5. The Hall–Kier alpha value is -2.73. The van der Waals surface area contributed by atoms with Crippen LogP contribution in [0.25, 0.3) is 0 Å². The van der Waals surface area contributed by atoms with E-state index in [1.165, 1.54) is 31.5 Å². The van der Waals surface area contributed by atoms with Crippen LogP contribution in [0.15, 0.2) is 35.3 Å². The molecule has 0 aliphatic rings. The molecule has 0 aliphatic heterocycles. The van der Waals surface area contributed by atoms with Gasteiger partial charge in [0.15, 0.2) is 11.5 Å². The van der Waals surface area contributed by atoms with Crippen LogP contribution in [0.5, 0.6) is 17.2 Å². The number of ether oxygens (including phenoxy) is 2. The Kier molecular flexibility index (Phi) is 6.46. The summed E-state index contributed by atoms with van der Waals surface area (Å²) in [7, 11) is 1.52. The maximum absolute atomic E-state index is 11.1. The van der Waals surface area contributed by atoms with E-state index < -0.39 is 5.97 Å². The molecule has 0 saturated heterocycles. The van der Waals surface area contributed by atoms with Crippen molar-refractivity contribution in [1.82, 2.24) is 0 Å². The quantitative estimate of drug-likeness (QED) is 0.684. The second kappa shape index (κ2) is 8.58. The zero-order valence-electron chi connectivity index (χ0n) is 14.7. The van der Waals surface area contributed by atoms with Gasteiger partial charge in [-0.2, -0.15) is 0 Å². The number of aromatic carboxylic acids is 1. The monoisotopic (exact) mass is 377 g/mol. The highest BCUT2D eigenvalue weighted by atomic mass is 35.5. The molecule has 1 atom stereocenters. The molecule has 6 nitrogen and oxygen atoms in total. The summed E-state index contributed by atoms with van der Waals surface area (Å²) in [6, 6.07) is 7.49. The van der Waals surface area contributed by atoms with E-state index in [1.807, 2.05) is 13.8 Å². The summed E-state index contributed by atoms with van der Waals surface area (Å²) < 4.78 is 11.1. The number of carboxylic acid groups (broad SMARTS) is 1. The van der Waals surface area contributed by atoms with Crippen LogP contribution in [-0.2, 0) is 0 Å². The summed E-state index contributed by atoms with van der Waals surface area (Å²) in [5, 5.41) is 19.0. The SMILES string of the molecule is CC[C@@H](C)Oc1c(Cl)cc(C=Nc2ccc(O)c(C(=O)O)c2)cc1OC. The third kappa shape index (κ3) is 4.67. The molecule has 0 bridgehead atoms. The molecule has 138 valence electrons. The van der Waals surface area contributed by atoms with Gasteiger partial charge in [-0.25, -0.2) is 4.79 Å². The summed E-state index contributed by atoms with van der Waals surface area (Å²) in [5.41, 5.74) is 0.830. The van der Waals surface area contributed by atoms with Crippen molar-refractivity contribution in [3.05, 3.63) is 46.5 Å². The predicted molar refractivity (Wildman–Crippen MR) is 101 cm³/mol. The molecule has 2 aromatic carbocycles. The molecule has 0 heterocycles. The van der Waals surface area contributed by atoms with Crippen LogP contribution in [0.3, 0.4) is 0 Å². The fourth-order valence-electron chi connectivity index (χ4n) is 2.14. The van der Waals surface area contributed by atoms with Crippen molar-refractivity contribution >= 4 is 29.5 Å². The van der Waals surface area contributed by atoms with Crippen LogP contribution < -0.4 is 9.47 Å². The van der Waals surface area contributed by atoms with Crippen molar-refractivity contribution < 1.29 is 24.5 Å². The molecule has 0 unspecified atom stereocenters. The Bertz CT molecular complexity index is 835. The number of carbonyl (C=O) groups is 1. The minimum Gasteiger partial charge on any atom is -0.507 e. The number of halogens is 1. The zero-order chi connectivity index (χ0) is 19.3. The van der Waals surface area contributed by atoms with Gasteiger partial charge in [0, 0.05) is 6.21 Å². The Morgan fingerprint density at radius 3 is 2.69 bits per heavy atom. The number of methoxy groups -OCH3 is 1. The van der Waals surface area contributed by atoms with Crippen molar-refractivity contribution in [2.24, 2.45) is 4.99 Å². The van der Waals surface area contributed by atoms with Crippen LogP contribution in [0.2, 0.25) is 5.02 Å². The first-order chi connectivity index (χ1) is 12.3. The normalized spacial score (nSPS) is 12.2. The first-order valence-electron chi connectivity index (χ1n) is 8.00. The molecule has 2 rings (SSSR count). The highest BCUT2D eigenvalue weighted by molar-refractivity contribution is 6.32. The van der Waals surface area contributed by atoms with Crippen LogP contribution in [0, 0.1) is 0 Å². The van der Waals surface area contributed by atoms with Gasteiger partial charge in [-0.1, -0.05) is 18.5 Å². The van der Waals surface area contributed by atoms with E-state index in [0.717, 1.165) is 6.42 Å². The van der Waals surface area contributed by atoms with E-state index in [2.05, 4.69) is 4.99 Å². The third-order valence-corrected chi connectivity index (χ3v) is 4.00. The van der Waals surface area contributed by atoms with Crippen molar-refractivity contribution in [2.75, 3.05) is 7.11 Å². The van der Waals surface area contributed by atoms with Crippen molar-refractivity contribution in [3.8, 4) is 17.2 Å². The average Bonchev–Trinajstić information content (AvgIpc) is 2.62. The summed E-state index contributed by atoms with van der Waals surface area (Å²) in [6.07, 6.45) is 2.35. The van der Waals surface area contributed by atoms with Crippen LogP contribution in [0.4, 0.5) is 5.69 Å². The van der Waals surface area contributed by atoms with Crippen molar-refractivity contribution in [2.45, 2.75) is 26.4 Å². The van der Waals surface area contributed by atoms with Gasteiger partial charge in [0.2, 0.25) is 0 Å². The zero-order valence-corrected chi connectivity index (χ0v) is 15.4. The van der Waals surface area contributed by atoms with Crippen LogP contribution >= 0.6 is 11.6 Å². The highest BCUT2D eigenvalue weighted by Gasteiger charge is 2.14. The molecule has 0 spiro atoms. The number of aromatic hydroxyl groups is 1. The fraction of sp³-hybridized carbons (Fsp3) is 0.263. The predicted octanol–water partition coefficient (Wildman–Crippen LogP) is 4.68. The minimum atomic E-state index is -1.23. The molecule has 26 heavy (non-hydrogen) atoms. The van der Waals surface area contributed by atoms with E-state index in [1.54, 1.807) is 12.1 Å². The summed E-state index contributed by atoms with van der Waals surface area (Å²) >= 11 is 6.31. The number of nitrogens with zero attached hydrogens (tertiary/aromatic N) is 1. The lowest BCUT2D eigenvalue weighted by atomic mass is 10.1. The Balaban J connectivity index is 2.32. The van der Waals surface area contributed by atoms with Gasteiger partial charge in [0.25, 0.3) is 0 Å². The van der Waals surface area contributed by atoms with Crippen molar-refractivity contribution in [3.63, 3.8) is 0 Å². The summed E-state index contributed by atoms with van der Waals surface area (Å²) in [6.45, 7) is 3.95. The van der Waals surface area contributed by atoms with Gasteiger partial charge in [-0.3, -0.25) is 4.99 Å². The van der Waals surface area contributed by atoms with E-state index >= 15 is 0 Å². The molecule has 7 heteroatoms. The number of benzene rings is 2. The topological polar surface area (TPSA) is 88.4 Å². The molecular weight excluding hydrogens is 358 g/mol. The second-order valence-corrected chi connectivity index (χ2v) is 6.04. The van der Waals surface area contributed by atoms with Gasteiger partial charge >= 0.3 is 5.97 Å². The standard InChI is InChI=1S/C19H20ClNO5/c1-4-11(2)26-18-15(20)7-12(8-17(18)25-3)10-21-13-5-6-16(22)14(9-13)19(23)24/h5-11,22H,4H2,1-3H3,(H,23,24)/t11-/m1/s1. The smallest absolute Gasteiger partial charge is 0.339 e. The molecule has 0 radical (unpaired) electrons. The third-order valence-electron chi connectivity index (χ3n) is 3.72. The average molecular weight is 378 g/mol. The Morgan fingerprint density at radius 1 is 1.35 bits per heavy atom. The lowest BCUT2D eigenvalue weighted by molar-refractivity contribution is 0.0693. The molecule has 0 aliphatic carbocycles. The summed E-state index contributed by atoms with van der Waals surface area (Å²) in [4.78, 5) is 15.3. The van der Waals surface area contributed by atoms with Crippen molar-refractivity contribution in [1.29, 1.82) is 0 Å². The molecule has 0 amide bonds. The fourth-order valence-corrected chi connectivity index (χ4v) is 2.40. The maximum Gasteiger partial charge on any atom is 0.339 e. The molecule has 2 aromatic rings. The van der Waals surface area contributed by atoms with Gasteiger partial charge in [0.05, 0.1) is 23.9 Å². The summed E-state index contributed by atoms with van der Waals surface area (Å²) in [5.74, 6) is -0.585. The van der Waals surface area contributed by atoms with E-state index in [0.29, 0.717) is 27.8 Å². The van der Waals surface area contributed by atoms with Gasteiger partial charge in [0.1, 0.15) is 11.3 Å². The first-order valence-corrected chi connectivity index (χ1v) is 8.38. The second-order valence-electron chi connectivity index (χ2n) is 5.64. The Labute approximate surface area is 156 Å². The molecule has 0 aromatic heterocycles. The van der Waals surface area contributed by atoms with Gasteiger partial charge in [-0.05, 0) is 49.2 Å². The lowest BCUT2D eigenvalue weighted by Crippen LogP contribution is -2.11. The number of hydrogen-bond donors (Lipinski definition) is 2. The number of carboxylic acids is 1. The molecule has 0 saturated carbocycles. The number of rotatable bonds is 7. The first kappa shape index (κ1) is 19.6. The maximum atomic E-state index is 11.1. The molecule has 0 fully saturated rings. The van der Waals surface area contributed by atoms with Gasteiger partial charge in [-0.15, -0.1) is 0 Å². The van der Waals surface area contributed by atoms with E-state index in [4.69, 9.17) is 26.2 Å². The number of aliphatic imine (C=N–C) groups is 1. The van der Waals surface area contributed by atoms with Crippen LogP contribution in [0.1, 0.15) is 36.2 Å². The van der Waals surface area contributed by atoms with Gasteiger partial charge < -0.3 is 19.7 Å². The Morgan fingerprint density at radius 2 is 2.08 bits per heavy atom. The van der Waals surface area contributed by atoms with E-state index in [9.17, 15) is 9.90 Å².